The molecule has 2 aromatic rings. The first-order valence-corrected chi connectivity index (χ1v) is 12.2. The van der Waals surface area contributed by atoms with Gasteiger partial charge >= 0.3 is 11.9 Å². The largest absolute Gasteiger partial charge is 0.461 e. The summed E-state index contributed by atoms with van der Waals surface area (Å²) in [4.78, 5) is 52.3. The summed E-state index contributed by atoms with van der Waals surface area (Å²) in [6.45, 7) is 3.61. The lowest BCUT2D eigenvalue weighted by atomic mass is 9.92. The third-order valence-electron chi connectivity index (χ3n) is 5.56. The van der Waals surface area contributed by atoms with E-state index < -0.39 is 18.1 Å². The molecule has 0 radical (unpaired) electrons. The molecule has 1 aromatic heterocycles. The molecule has 2 aliphatic rings. The number of benzene rings is 1. The van der Waals surface area contributed by atoms with Crippen molar-refractivity contribution >= 4 is 64.5 Å². The van der Waals surface area contributed by atoms with Crippen molar-refractivity contribution in [2.75, 3.05) is 25.6 Å². The predicted octanol–water partition coefficient (Wildman–Crippen LogP) is 4.09. The minimum absolute atomic E-state index is 0.0812. The first kappa shape index (κ1) is 26.3. The minimum atomic E-state index is -0.695. The number of anilines is 1. The van der Waals surface area contributed by atoms with E-state index in [4.69, 9.17) is 32.7 Å². The maximum Gasteiger partial charge on any atom is 0.357 e. The Morgan fingerprint density at radius 1 is 1.05 bits per heavy atom. The number of esters is 2. The van der Waals surface area contributed by atoms with Crippen LogP contribution < -0.4 is 5.32 Å². The van der Waals surface area contributed by atoms with E-state index in [0.29, 0.717) is 26.9 Å². The normalized spacial score (nSPS) is 18.5. The predicted molar refractivity (Wildman–Crippen MR) is 140 cm³/mol. The molecule has 12 heteroatoms. The summed E-state index contributed by atoms with van der Waals surface area (Å²) in [6, 6.07) is 7.87. The number of aliphatic imine (C=N–C) groups is 2. The summed E-state index contributed by atoms with van der Waals surface area (Å²) in [5.41, 5.74) is 0.978. The van der Waals surface area contributed by atoms with Gasteiger partial charge in [-0.05, 0) is 38.1 Å². The zero-order valence-corrected chi connectivity index (χ0v) is 21.7. The van der Waals surface area contributed by atoms with Crippen LogP contribution in [0.15, 0.2) is 46.4 Å². The molecule has 3 heterocycles. The number of halogens is 2. The molecule has 0 aliphatic carbocycles. The molecule has 0 spiro atoms. The highest BCUT2D eigenvalue weighted by Gasteiger charge is 2.37. The van der Waals surface area contributed by atoms with Crippen molar-refractivity contribution in [2.24, 2.45) is 15.9 Å². The van der Waals surface area contributed by atoms with Gasteiger partial charge in [0, 0.05) is 30.1 Å². The van der Waals surface area contributed by atoms with Gasteiger partial charge in [-0.15, -0.1) is 0 Å². The quantitative estimate of drug-likeness (QED) is 0.544. The van der Waals surface area contributed by atoms with Crippen molar-refractivity contribution in [2.45, 2.75) is 20.0 Å². The fraction of sp³-hybridized carbons (Fsp3) is 0.280. The van der Waals surface area contributed by atoms with Crippen LogP contribution in [0.25, 0.3) is 5.57 Å². The number of carbonyl (C=O) groups is 3. The van der Waals surface area contributed by atoms with Crippen LogP contribution in [0.3, 0.4) is 0 Å². The lowest BCUT2D eigenvalue weighted by Gasteiger charge is -2.36. The zero-order chi connectivity index (χ0) is 26.7. The number of likely N-dealkylation sites (N-methyl/N-ethyl adjacent to an activating group) is 1. The van der Waals surface area contributed by atoms with Gasteiger partial charge in [0.05, 0.1) is 29.2 Å². The topological polar surface area (TPSA) is 123 Å². The van der Waals surface area contributed by atoms with E-state index in [9.17, 15) is 14.4 Å². The molecule has 10 nitrogen and oxygen atoms in total. The van der Waals surface area contributed by atoms with Crippen LogP contribution in [-0.4, -0.2) is 66.3 Å². The van der Waals surface area contributed by atoms with Gasteiger partial charge in [-0.2, -0.15) is 0 Å². The molecule has 4 rings (SSSR count). The van der Waals surface area contributed by atoms with Crippen molar-refractivity contribution in [1.82, 2.24) is 9.88 Å². The molecule has 0 saturated carbocycles. The van der Waals surface area contributed by atoms with Crippen LogP contribution in [0.2, 0.25) is 10.0 Å². The summed E-state index contributed by atoms with van der Waals surface area (Å²) in [5.74, 6) is -1.85. The SMILES string of the molecule is CCOC(=O)c1cc(NC2=NC3C(C=N2)C=C(c2c(Cl)cccc2Cl)C(=O)N3C)cc(C(=O)OCC)n1. The number of nitrogens with one attached hydrogen (secondary N) is 1. The fourth-order valence-corrected chi connectivity index (χ4v) is 4.49. The van der Waals surface area contributed by atoms with E-state index in [-0.39, 0.29) is 42.4 Å². The van der Waals surface area contributed by atoms with Crippen molar-refractivity contribution < 1.29 is 23.9 Å². The number of nitrogens with zero attached hydrogens (tertiary/aromatic N) is 4. The van der Waals surface area contributed by atoms with Gasteiger partial charge in [0.2, 0.25) is 5.96 Å². The number of amides is 1. The molecule has 0 saturated heterocycles. The number of rotatable bonds is 6. The van der Waals surface area contributed by atoms with Crippen LogP contribution in [0.4, 0.5) is 5.69 Å². The number of carbonyl (C=O) groups excluding carboxylic acids is 3. The molecule has 1 aromatic carbocycles. The molecule has 1 N–H and O–H groups in total. The highest BCUT2D eigenvalue weighted by Crippen LogP contribution is 2.37. The van der Waals surface area contributed by atoms with Crippen LogP contribution in [0.1, 0.15) is 40.4 Å². The minimum Gasteiger partial charge on any atom is -0.461 e. The smallest absolute Gasteiger partial charge is 0.357 e. The number of ether oxygens (including phenoxy) is 2. The van der Waals surface area contributed by atoms with Crippen LogP contribution in [0.5, 0.6) is 0 Å². The number of hydrogen-bond acceptors (Lipinski definition) is 9. The highest BCUT2D eigenvalue weighted by molar-refractivity contribution is 6.40. The molecular formula is C25H23Cl2N5O5. The van der Waals surface area contributed by atoms with Crippen molar-refractivity contribution in [1.29, 1.82) is 0 Å². The summed E-state index contributed by atoms with van der Waals surface area (Å²) >= 11 is 12.7. The lowest BCUT2D eigenvalue weighted by Crippen LogP contribution is -2.47. The lowest BCUT2D eigenvalue weighted by molar-refractivity contribution is -0.126. The standard InChI is InChI=1S/C25H23Cl2N5O5/c1-4-36-23(34)18-10-14(11-19(30-18)24(35)37-5-2)29-25-28-12-13-9-15(22(33)32(3)21(13)31-25)20-16(26)7-6-8-17(20)27/h6-13,21H,4-5H2,1-3H3,(H,29,30,31). The number of pyridine rings is 1. The molecule has 192 valence electrons. The molecule has 0 fully saturated rings. The van der Waals surface area contributed by atoms with Gasteiger partial charge in [0.25, 0.3) is 5.91 Å². The first-order valence-electron chi connectivity index (χ1n) is 11.4. The number of guanidine groups is 1. The Kier molecular flexibility index (Phi) is 7.89. The zero-order valence-electron chi connectivity index (χ0n) is 20.2. The average Bonchev–Trinajstić information content (AvgIpc) is 2.87. The first-order chi connectivity index (χ1) is 17.7. The Bertz CT molecular complexity index is 1300. The van der Waals surface area contributed by atoms with Crippen LogP contribution in [0, 0.1) is 5.92 Å². The molecular weight excluding hydrogens is 521 g/mol. The summed E-state index contributed by atoms with van der Waals surface area (Å²) in [6.07, 6.45) is 2.80. The molecule has 37 heavy (non-hydrogen) atoms. The molecule has 2 atom stereocenters. The van der Waals surface area contributed by atoms with Crippen molar-refractivity contribution in [3.63, 3.8) is 0 Å². The fourth-order valence-electron chi connectivity index (χ4n) is 3.89. The molecule has 0 bridgehead atoms. The van der Waals surface area contributed by atoms with Gasteiger partial charge < -0.3 is 19.7 Å². The van der Waals surface area contributed by atoms with E-state index in [2.05, 4.69) is 20.3 Å². The van der Waals surface area contributed by atoms with Gasteiger partial charge in [-0.1, -0.05) is 35.3 Å². The van der Waals surface area contributed by atoms with E-state index in [1.807, 2.05) is 0 Å². The molecule has 2 unspecified atom stereocenters. The maximum atomic E-state index is 13.2. The third-order valence-corrected chi connectivity index (χ3v) is 6.19. The summed E-state index contributed by atoms with van der Waals surface area (Å²) in [5, 5.41) is 3.71. The Morgan fingerprint density at radius 2 is 1.65 bits per heavy atom. The van der Waals surface area contributed by atoms with E-state index in [0.717, 1.165) is 0 Å². The molecule has 1 amide bonds. The summed E-state index contributed by atoms with van der Waals surface area (Å²) < 4.78 is 10.0. The Labute approximate surface area is 223 Å². The Hall–Kier alpha value is -3.76. The highest BCUT2D eigenvalue weighted by atomic mass is 35.5. The number of hydrogen-bond donors (Lipinski definition) is 1. The Morgan fingerprint density at radius 3 is 2.22 bits per heavy atom. The number of fused-ring (bicyclic) bond motifs is 1. The van der Waals surface area contributed by atoms with Crippen LogP contribution in [-0.2, 0) is 14.3 Å². The van der Waals surface area contributed by atoms with Gasteiger partial charge in [0.1, 0.15) is 6.17 Å². The second-order valence-electron chi connectivity index (χ2n) is 8.01. The van der Waals surface area contributed by atoms with E-state index >= 15 is 0 Å². The monoisotopic (exact) mass is 543 g/mol. The molecule has 2 aliphatic heterocycles. The maximum absolute atomic E-state index is 13.2. The van der Waals surface area contributed by atoms with E-state index in [1.54, 1.807) is 51.4 Å². The van der Waals surface area contributed by atoms with Gasteiger partial charge in [0.15, 0.2) is 11.4 Å². The van der Waals surface area contributed by atoms with Crippen LogP contribution >= 0.6 is 23.2 Å². The second kappa shape index (κ2) is 11.1. The van der Waals surface area contributed by atoms with Crippen molar-refractivity contribution in [3.05, 3.63) is 63.4 Å². The van der Waals surface area contributed by atoms with Gasteiger partial charge in [-0.3, -0.25) is 4.79 Å². The third kappa shape index (κ3) is 5.50. The average molecular weight is 544 g/mol. The second-order valence-corrected chi connectivity index (χ2v) is 8.82. The van der Waals surface area contributed by atoms with Crippen molar-refractivity contribution in [3.8, 4) is 0 Å². The van der Waals surface area contributed by atoms with Gasteiger partial charge in [-0.25, -0.2) is 24.6 Å². The van der Waals surface area contributed by atoms with E-state index in [1.165, 1.54) is 17.0 Å². The summed E-state index contributed by atoms with van der Waals surface area (Å²) in [7, 11) is 1.63. The number of aromatic nitrogens is 1. The Balaban J connectivity index is 1.64.